The largest absolute Gasteiger partial charge is 0.497 e. The zero-order chi connectivity index (χ0) is 24.7. The van der Waals surface area contributed by atoms with E-state index in [1.807, 2.05) is 12.1 Å². The Kier molecular flexibility index (Phi) is 6.12. The maximum Gasteiger partial charge on any atom is 0.338 e. The molecule has 8 nitrogen and oxygen atoms in total. The molecule has 0 aliphatic carbocycles. The van der Waals surface area contributed by atoms with E-state index < -0.39 is 12.0 Å². The monoisotopic (exact) mass is 512 g/mol. The molecule has 2 aromatic carbocycles. The van der Waals surface area contributed by atoms with Crippen molar-refractivity contribution in [2.24, 2.45) is 4.99 Å². The van der Waals surface area contributed by atoms with Crippen LogP contribution in [-0.2, 0) is 9.53 Å². The number of ether oxygens (including phenoxy) is 4. The Morgan fingerprint density at radius 2 is 1.97 bits per heavy atom. The molecule has 2 aliphatic rings. The number of carbonyl (C=O) groups excluding carboxylic acids is 1. The van der Waals surface area contributed by atoms with Gasteiger partial charge in [0.15, 0.2) is 16.3 Å². The SMILES string of the molecule is CCOC(=O)C1=C(C)N=c2sc(=Cc3cc4c(cc3Cl)OCO4)c(=O)n2[C@H]1c1ccc(OC)cc1. The van der Waals surface area contributed by atoms with Gasteiger partial charge < -0.3 is 18.9 Å². The second-order valence-corrected chi connectivity index (χ2v) is 9.22. The molecule has 1 atom stereocenters. The van der Waals surface area contributed by atoms with E-state index in [0.29, 0.717) is 48.4 Å². The molecule has 5 rings (SSSR count). The van der Waals surface area contributed by atoms with Crippen molar-refractivity contribution in [2.75, 3.05) is 20.5 Å². The fourth-order valence-corrected chi connectivity index (χ4v) is 5.32. The molecule has 35 heavy (non-hydrogen) atoms. The molecular formula is C25H21ClN2O6S. The third kappa shape index (κ3) is 4.11. The predicted molar refractivity (Wildman–Crippen MR) is 131 cm³/mol. The van der Waals surface area contributed by atoms with Gasteiger partial charge in [-0.05, 0) is 49.2 Å². The quantitative estimate of drug-likeness (QED) is 0.488. The molecule has 0 amide bonds. The summed E-state index contributed by atoms with van der Waals surface area (Å²) in [5.74, 6) is 1.27. The fourth-order valence-electron chi connectivity index (χ4n) is 4.08. The van der Waals surface area contributed by atoms with Crippen LogP contribution < -0.4 is 29.1 Å². The topological polar surface area (TPSA) is 88.4 Å². The molecule has 180 valence electrons. The van der Waals surface area contributed by atoms with E-state index in [1.54, 1.807) is 51.3 Å². The van der Waals surface area contributed by atoms with Crippen LogP contribution in [0.4, 0.5) is 0 Å². The summed E-state index contributed by atoms with van der Waals surface area (Å²) < 4.78 is 23.3. The summed E-state index contributed by atoms with van der Waals surface area (Å²) in [7, 11) is 1.58. The number of fused-ring (bicyclic) bond motifs is 2. The minimum absolute atomic E-state index is 0.120. The molecule has 1 aromatic heterocycles. The van der Waals surface area contributed by atoms with E-state index >= 15 is 0 Å². The van der Waals surface area contributed by atoms with Crippen molar-refractivity contribution in [3.63, 3.8) is 0 Å². The lowest BCUT2D eigenvalue weighted by Gasteiger charge is -2.24. The van der Waals surface area contributed by atoms with Crippen LogP contribution >= 0.6 is 22.9 Å². The lowest BCUT2D eigenvalue weighted by atomic mass is 9.96. The van der Waals surface area contributed by atoms with Crippen molar-refractivity contribution in [1.29, 1.82) is 0 Å². The average Bonchev–Trinajstić information content (AvgIpc) is 3.42. The maximum atomic E-state index is 13.7. The van der Waals surface area contributed by atoms with Gasteiger partial charge in [0, 0.05) is 6.07 Å². The Bertz CT molecular complexity index is 1540. The van der Waals surface area contributed by atoms with Crippen molar-refractivity contribution in [3.8, 4) is 17.2 Å². The van der Waals surface area contributed by atoms with Crippen LogP contribution in [-0.4, -0.2) is 31.0 Å². The van der Waals surface area contributed by atoms with E-state index in [-0.39, 0.29) is 19.0 Å². The third-order valence-electron chi connectivity index (χ3n) is 5.73. The van der Waals surface area contributed by atoms with Gasteiger partial charge in [-0.3, -0.25) is 9.36 Å². The first-order valence-corrected chi connectivity index (χ1v) is 12.0. The molecule has 2 aliphatic heterocycles. The number of esters is 1. The summed E-state index contributed by atoms with van der Waals surface area (Å²) in [6.07, 6.45) is 1.70. The fraction of sp³-hybridized carbons (Fsp3) is 0.240. The van der Waals surface area contributed by atoms with Crippen LogP contribution in [0.25, 0.3) is 6.08 Å². The number of hydrogen-bond donors (Lipinski definition) is 0. The highest BCUT2D eigenvalue weighted by atomic mass is 35.5. The number of hydrogen-bond acceptors (Lipinski definition) is 8. The number of thiazole rings is 1. The van der Waals surface area contributed by atoms with Crippen molar-refractivity contribution >= 4 is 35.0 Å². The van der Waals surface area contributed by atoms with E-state index in [9.17, 15) is 9.59 Å². The molecule has 0 saturated carbocycles. The van der Waals surface area contributed by atoms with Crippen molar-refractivity contribution in [2.45, 2.75) is 19.9 Å². The summed E-state index contributed by atoms with van der Waals surface area (Å²) in [6, 6.07) is 9.92. The standard InChI is InChI=1S/C25H21ClN2O6S/c1-4-32-24(30)21-13(2)27-25-28(22(21)14-5-7-16(31-3)8-6-14)23(29)20(35-25)10-15-9-18-19(11-17(15)26)34-12-33-18/h5-11,22H,4,12H2,1-3H3/t22-/m0/s1. The Balaban J connectivity index is 1.70. The summed E-state index contributed by atoms with van der Waals surface area (Å²) in [4.78, 5) is 31.7. The van der Waals surface area contributed by atoms with Crippen molar-refractivity contribution < 1.29 is 23.7 Å². The van der Waals surface area contributed by atoms with Gasteiger partial charge in [0.25, 0.3) is 5.56 Å². The van der Waals surface area contributed by atoms with E-state index in [1.165, 1.54) is 15.9 Å². The molecule has 0 saturated heterocycles. The number of aromatic nitrogens is 1. The average molecular weight is 513 g/mol. The van der Waals surface area contributed by atoms with Gasteiger partial charge in [0.05, 0.1) is 40.6 Å². The lowest BCUT2D eigenvalue weighted by Crippen LogP contribution is -2.39. The Morgan fingerprint density at radius 3 is 2.66 bits per heavy atom. The minimum Gasteiger partial charge on any atom is -0.497 e. The second kappa shape index (κ2) is 9.24. The molecule has 3 aromatic rings. The number of carbonyl (C=O) groups is 1. The van der Waals surface area contributed by atoms with Crippen molar-refractivity contribution in [3.05, 3.63) is 83.5 Å². The van der Waals surface area contributed by atoms with Gasteiger partial charge in [0.1, 0.15) is 5.75 Å². The van der Waals surface area contributed by atoms with Crippen LogP contribution in [0.5, 0.6) is 17.2 Å². The normalized spacial score (nSPS) is 16.7. The van der Waals surface area contributed by atoms with Gasteiger partial charge in [0.2, 0.25) is 6.79 Å². The Labute approximate surface area is 209 Å². The minimum atomic E-state index is -0.703. The zero-order valence-corrected chi connectivity index (χ0v) is 20.7. The number of nitrogens with zero attached hydrogens (tertiary/aromatic N) is 2. The van der Waals surface area contributed by atoms with Gasteiger partial charge in [-0.25, -0.2) is 9.79 Å². The van der Waals surface area contributed by atoms with Gasteiger partial charge >= 0.3 is 5.97 Å². The second-order valence-electron chi connectivity index (χ2n) is 7.80. The molecular weight excluding hydrogens is 492 g/mol. The first-order chi connectivity index (χ1) is 16.9. The van der Waals surface area contributed by atoms with E-state index in [4.69, 9.17) is 30.5 Å². The molecule has 0 N–H and O–H groups in total. The van der Waals surface area contributed by atoms with E-state index in [2.05, 4.69) is 4.99 Å². The highest BCUT2D eigenvalue weighted by molar-refractivity contribution is 7.07. The van der Waals surface area contributed by atoms with Crippen LogP contribution in [0.3, 0.4) is 0 Å². The maximum absolute atomic E-state index is 13.7. The summed E-state index contributed by atoms with van der Waals surface area (Å²) >= 11 is 7.66. The molecule has 0 spiro atoms. The highest BCUT2D eigenvalue weighted by Crippen LogP contribution is 2.37. The molecule has 0 unspecified atom stereocenters. The van der Waals surface area contributed by atoms with Crippen LogP contribution in [0.2, 0.25) is 5.02 Å². The van der Waals surface area contributed by atoms with Crippen LogP contribution in [0.1, 0.15) is 31.0 Å². The third-order valence-corrected chi connectivity index (χ3v) is 7.04. The van der Waals surface area contributed by atoms with Crippen LogP contribution in [0, 0.1) is 0 Å². The molecule has 3 heterocycles. The van der Waals surface area contributed by atoms with Gasteiger partial charge in [-0.2, -0.15) is 0 Å². The number of allylic oxidation sites excluding steroid dienone is 1. The van der Waals surface area contributed by atoms with Gasteiger partial charge in [-0.15, -0.1) is 0 Å². The van der Waals surface area contributed by atoms with Gasteiger partial charge in [-0.1, -0.05) is 35.1 Å². The zero-order valence-electron chi connectivity index (χ0n) is 19.2. The summed E-state index contributed by atoms with van der Waals surface area (Å²) in [6.45, 7) is 3.81. The Hall–Kier alpha value is -3.56. The number of benzene rings is 2. The predicted octanol–water partition coefficient (Wildman–Crippen LogP) is 3.19. The first-order valence-electron chi connectivity index (χ1n) is 10.8. The smallest absolute Gasteiger partial charge is 0.338 e. The summed E-state index contributed by atoms with van der Waals surface area (Å²) in [5, 5.41) is 0.426. The molecule has 0 radical (unpaired) electrons. The lowest BCUT2D eigenvalue weighted by molar-refractivity contribution is -0.139. The van der Waals surface area contributed by atoms with E-state index in [0.717, 1.165) is 5.56 Å². The van der Waals surface area contributed by atoms with Crippen LogP contribution in [0.15, 0.2) is 57.5 Å². The Morgan fingerprint density at radius 1 is 1.26 bits per heavy atom. The van der Waals surface area contributed by atoms with Crippen molar-refractivity contribution in [1.82, 2.24) is 4.57 Å². The number of methoxy groups -OCH3 is 1. The first kappa shape index (κ1) is 23.2. The number of halogens is 1. The number of rotatable bonds is 5. The molecule has 0 fully saturated rings. The summed E-state index contributed by atoms with van der Waals surface area (Å²) in [5.41, 5.74) is 1.87. The molecule has 10 heteroatoms. The molecule has 0 bridgehead atoms. The highest BCUT2D eigenvalue weighted by Gasteiger charge is 2.33.